The van der Waals surface area contributed by atoms with E-state index in [2.05, 4.69) is 9.56 Å². The summed E-state index contributed by atoms with van der Waals surface area (Å²) < 4.78 is 2.10. The summed E-state index contributed by atoms with van der Waals surface area (Å²) in [6.07, 6.45) is 1.67. The van der Waals surface area contributed by atoms with Crippen LogP contribution in [-0.4, -0.2) is 15.7 Å². The Labute approximate surface area is 156 Å². The number of halogens is 1. The van der Waals surface area contributed by atoms with E-state index < -0.39 is 4.92 Å². The molecule has 1 heterocycles. The van der Waals surface area contributed by atoms with Crippen molar-refractivity contribution in [1.29, 1.82) is 0 Å². The maximum absolute atomic E-state index is 11.2. The van der Waals surface area contributed by atoms with Crippen LogP contribution in [-0.2, 0) is 0 Å². The Kier molecular flexibility index (Phi) is 4.91. The third-order valence-corrected chi connectivity index (χ3v) is 4.48. The fourth-order valence-corrected chi connectivity index (χ4v) is 3.06. The SMILES string of the molecule is Cc1ccc(N=Cc2cc(C)n(-c3ccc(Cl)cc3)c2C)c([N+](=O)[O-])c1. The molecule has 0 aliphatic rings. The number of nitro groups is 1. The quantitative estimate of drug-likeness (QED) is 0.336. The fourth-order valence-electron chi connectivity index (χ4n) is 2.93. The molecular formula is C20H18ClN3O2. The second-order valence-corrected chi connectivity index (χ2v) is 6.58. The van der Waals surface area contributed by atoms with Crippen molar-refractivity contribution in [3.05, 3.63) is 86.2 Å². The summed E-state index contributed by atoms with van der Waals surface area (Å²) in [6.45, 7) is 5.82. The maximum atomic E-state index is 11.2. The topological polar surface area (TPSA) is 60.4 Å². The lowest BCUT2D eigenvalue weighted by atomic mass is 10.2. The highest BCUT2D eigenvalue weighted by Crippen LogP contribution is 2.28. The number of aromatic nitrogens is 1. The van der Waals surface area contributed by atoms with Crippen LogP contribution in [0.15, 0.2) is 53.5 Å². The summed E-state index contributed by atoms with van der Waals surface area (Å²) in [7, 11) is 0. The molecule has 0 N–H and O–H groups in total. The summed E-state index contributed by atoms with van der Waals surface area (Å²) >= 11 is 5.97. The van der Waals surface area contributed by atoms with E-state index in [-0.39, 0.29) is 5.69 Å². The molecule has 0 atom stereocenters. The van der Waals surface area contributed by atoms with Gasteiger partial charge in [-0.05, 0) is 62.7 Å². The molecule has 0 saturated carbocycles. The highest BCUT2D eigenvalue weighted by atomic mass is 35.5. The van der Waals surface area contributed by atoms with Crippen LogP contribution in [0.1, 0.15) is 22.5 Å². The van der Waals surface area contributed by atoms with Crippen molar-refractivity contribution < 1.29 is 4.92 Å². The van der Waals surface area contributed by atoms with Crippen LogP contribution >= 0.6 is 11.6 Å². The molecule has 5 nitrogen and oxygen atoms in total. The van der Waals surface area contributed by atoms with Crippen LogP contribution in [0, 0.1) is 30.9 Å². The van der Waals surface area contributed by atoms with Gasteiger partial charge in [0.15, 0.2) is 0 Å². The maximum Gasteiger partial charge on any atom is 0.295 e. The van der Waals surface area contributed by atoms with Gasteiger partial charge in [-0.1, -0.05) is 17.7 Å². The first-order valence-electron chi connectivity index (χ1n) is 8.11. The van der Waals surface area contributed by atoms with Gasteiger partial charge in [-0.3, -0.25) is 10.1 Å². The van der Waals surface area contributed by atoms with E-state index in [9.17, 15) is 10.1 Å². The van der Waals surface area contributed by atoms with Crippen LogP contribution in [0.3, 0.4) is 0 Å². The molecule has 26 heavy (non-hydrogen) atoms. The summed E-state index contributed by atoms with van der Waals surface area (Å²) in [5.74, 6) is 0. The summed E-state index contributed by atoms with van der Waals surface area (Å²) in [5, 5.41) is 11.9. The zero-order valence-corrected chi connectivity index (χ0v) is 15.5. The van der Waals surface area contributed by atoms with E-state index in [0.717, 1.165) is 28.2 Å². The van der Waals surface area contributed by atoms with Gasteiger partial charge in [-0.25, -0.2) is 4.99 Å². The standard InChI is InChI=1S/C20H18ClN3O2/c1-13-4-9-19(20(10-13)24(25)26)22-12-16-11-14(2)23(15(16)3)18-7-5-17(21)6-8-18/h4-12H,1-3H3. The van der Waals surface area contributed by atoms with E-state index in [0.29, 0.717) is 10.7 Å². The van der Waals surface area contributed by atoms with E-state index in [1.807, 2.05) is 57.2 Å². The molecule has 0 amide bonds. The van der Waals surface area contributed by atoms with Gasteiger partial charge in [-0.2, -0.15) is 0 Å². The zero-order valence-electron chi connectivity index (χ0n) is 14.7. The number of nitro benzene ring substituents is 1. The summed E-state index contributed by atoms with van der Waals surface area (Å²) in [6, 6.07) is 14.6. The molecule has 0 aliphatic carbocycles. The third kappa shape index (κ3) is 3.53. The molecule has 0 saturated heterocycles. The molecule has 2 aromatic carbocycles. The van der Waals surface area contributed by atoms with Crippen LogP contribution in [0.25, 0.3) is 5.69 Å². The van der Waals surface area contributed by atoms with Gasteiger partial charge in [0.1, 0.15) is 5.69 Å². The third-order valence-electron chi connectivity index (χ3n) is 4.23. The van der Waals surface area contributed by atoms with E-state index in [1.54, 1.807) is 12.3 Å². The minimum atomic E-state index is -0.406. The van der Waals surface area contributed by atoms with Crippen LogP contribution in [0.2, 0.25) is 5.02 Å². The Morgan fingerprint density at radius 1 is 1.08 bits per heavy atom. The lowest BCUT2D eigenvalue weighted by Gasteiger charge is -2.09. The average molecular weight is 368 g/mol. The smallest absolute Gasteiger partial charge is 0.295 e. The largest absolute Gasteiger partial charge is 0.318 e. The van der Waals surface area contributed by atoms with Gasteiger partial charge in [-0.15, -0.1) is 0 Å². The van der Waals surface area contributed by atoms with Gasteiger partial charge in [0.2, 0.25) is 0 Å². The first kappa shape index (κ1) is 17.9. The Morgan fingerprint density at radius 3 is 2.42 bits per heavy atom. The van der Waals surface area contributed by atoms with Gasteiger partial charge in [0.25, 0.3) is 5.69 Å². The first-order chi connectivity index (χ1) is 12.4. The highest BCUT2D eigenvalue weighted by molar-refractivity contribution is 6.30. The van der Waals surface area contributed by atoms with Gasteiger partial charge < -0.3 is 4.57 Å². The monoisotopic (exact) mass is 367 g/mol. The normalized spacial score (nSPS) is 11.2. The van der Waals surface area contributed by atoms with Crippen molar-refractivity contribution in [2.75, 3.05) is 0 Å². The molecule has 1 aromatic heterocycles. The van der Waals surface area contributed by atoms with E-state index in [1.165, 1.54) is 6.07 Å². The Balaban J connectivity index is 2.00. The van der Waals surface area contributed by atoms with Crippen molar-refractivity contribution in [2.45, 2.75) is 20.8 Å². The van der Waals surface area contributed by atoms with Crippen molar-refractivity contribution >= 4 is 29.2 Å². The summed E-state index contributed by atoms with van der Waals surface area (Å²) in [5.41, 5.74) is 5.15. The lowest BCUT2D eigenvalue weighted by molar-refractivity contribution is -0.384. The predicted molar refractivity (Wildman–Crippen MR) is 105 cm³/mol. The molecule has 0 unspecified atom stereocenters. The molecule has 0 spiro atoms. The van der Waals surface area contributed by atoms with Crippen molar-refractivity contribution in [2.24, 2.45) is 4.99 Å². The average Bonchev–Trinajstić information content (AvgIpc) is 2.88. The second-order valence-electron chi connectivity index (χ2n) is 6.15. The number of benzene rings is 2. The molecule has 0 aliphatic heterocycles. The number of aryl methyl sites for hydroxylation is 2. The van der Waals surface area contributed by atoms with E-state index in [4.69, 9.17) is 11.6 Å². The van der Waals surface area contributed by atoms with Gasteiger partial charge in [0, 0.05) is 39.9 Å². The molecular weight excluding hydrogens is 350 g/mol. The molecule has 0 fully saturated rings. The van der Waals surface area contributed by atoms with Crippen molar-refractivity contribution in [3.63, 3.8) is 0 Å². The summed E-state index contributed by atoms with van der Waals surface area (Å²) in [4.78, 5) is 15.2. The molecule has 0 radical (unpaired) electrons. The van der Waals surface area contributed by atoms with Crippen LogP contribution in [0.4, 0.5) is 11.4 Å². The zero-order chi connectivity index (χ0) is 18.8. The molecule has 132 valence electrons. The molecule has 0 bridgehead atoms. The Hall–Kier alpha value is -2.92. The van der Waals surface area contributed by atoms with Crippen LogP contribution in [0.5, 0.6) is 0 Å². The Morgan fingerprint density at radius 2 is 1.77 bits per heavy atom. The fraction of sp³-hybridized carbons (Fsp3) is 0.150. The van der Waals surface area contributed by atoms with Crippen molar-refractivity contribution in [1.82, 2.24) is 4.57 Å². The number of rotatable bonds is 4. The molecule has 3 rings (SSSR count). The van der Waals surface area contributed by atoms with Gasteiger partial charge in [0.05, 0.1) is 4.92 Å². The first-order valence-corrected chi connectivity index (χ1v) is 8.48. The predicted octanol–water partition coefficient (Wildman–Crippen LogP) is 5.71. The number of aliphatic imine (C=N–C) groups is 1. The molecule has 3 aromatic rings. The van der Waals surface area contributed by atoms with E-state index >= 15 is 0 Å². The lowest BCUT2D eigenvalue weighted by Crippen LogP contribution is -1.99. The van der Waals surface area contributed by atoms with Crippen LogP contribution < -0.4 is 0 Å². The molecule has 6 heteroatoms. The number of hydrogen-bond donors (Lipinski definition) is 0. The van der Waals surface area contributed by atoms with Crippen molar-refractivity contribution in [3.8, 4) is 5.69 Å². The minimum Gasteiger partial charge on any atom is -0.318 e. The second kappa shape index (κ2) is 7.14. The number of nitrogens with zero attached hydrogens (tertiary/aromatic N) is 3. The highest BCUT2D eigenvalue weighted by Gasteiger charge is 2.14. The Bertz CT molecular complexity index is 1000. The minimum absolute atomic E-state index is 0.00718. The number of hydrogen-bond acceptors (Lipinski definition) is 3. The van der Waals surface area contributed by atoms with Gasteiger partial charge >= 0.3 is 0 Å².